The Morgan fingerprint density at radius 2 is 1.00 bits per heavy atom. The lowest BCUT2D eigenvalue weighted by atomic mass is 10.2. The smallest absolute Gasteiger partial charge is 0.198 e. The Kier molecular flexibility index (Phi) is 4.86. The van der Waals surface area contributed by atoms with E-state index in [1.165, 1.54) is 22.0 Å². The van der Waals surface area contributed by atoms with E-state index < -0.39 is 7.26 Å². The van der Waals surface area contributed by atoms with Crippen molar-refractivity contribution in [2.75, 3.05) is 0 Å². The third kappa shape index (κ3) is 3.01. The third-order valence-corrected chi connectivity index (χ3v) is 9.59. The Morgan fingerprint density at radius 1 is 0.500 bits per heavy atom. The molecule has 0 bridgehead atoms. The first-order valence-electron chi connectivity index (χ1n) is 9.92. The van der Waals surface area contributed by atoms with Crippen LogP contribution in [0, 0.1) is 5.82 Å². The van der Waals surface area contributed by atoms with E-state index in [2.05, 4.69) is 72.8 Å². The molecule has 1 heterocycles. The van der Waals surface area contributed by atoms with Crippen molar-refractivity contribution in [1.29, 1.82) is 0 Å². The second-order valence-electron chi connectivity index (χ2n) is 7.15. The van der Waals surface area contributed by atoms with Crippen LogP contribution in [0.3, 0.4) is 0 Å². The number of hydrogen-bond donors (Lipinski definition) is 0. The molecule has 30 heavy (non-hydrogen) atoms. The van der Waals surface area contributed by atoms with Crippen LogP contribution in [0.25, 0.3) is 10.9 Å². The van der Waals surface area contributed by atoms with Crippen molar-refractivity contribution in [3.8, 4) is 0 Å². The van der Waals surface area contributed by atoms with E-state index in [9.17, 15) is 4.39 Å². The molecule has 5 aromatic rings. The van der Waals surface area contributed by atoms with Crippen LogP contribution in [0.15, 0.2) is 121 Å². The molecule has 3 heteroatoms. The topological polar surface area (TPSA) is 12.9 Å². The number of fused-ring (bicyclic) bond motifs is 1. The van der Waals surface area contributed by atoms with Crippen LogP contribution in [-0.4, -0.2) is 4.98 Å². The van der Waals surface area contributed by atoms with E-state index in [-0.39, 0.29) is 5.82 Å². The lowest BCUT2D eigenvalue weighted by Crippen LogP contribution is -2.39. The summed E-state index contributed by atoms with van der Waals surface area (Å²) in [6.45, 7) is 0. The molecular formula is C27H20FNP+. The fraction of sp³-hybridized carbons (Fsp3) is 0. The molecule has 0 amide bonds. The van der Waals surface area contributed by atoms with Crippen LogP contribution < -0.4 is 21.3 Å². The molecular weight excluding hydrogens is 388 g/mol. The fourth-order valence-electron chi connectivity index (χ4n) is 4.09. The maximum atomic E-state index is 14.4. The lowest BCUT2D eigenvalue weighted by Gasteiger charge is -2.26. The number of hydrogen-bond acceptors (Lipinski definition) is 1. The molecule has 0 saturated heterocycles. The molecule has 0 aliphatic rings. The van der Waals surface area contributed by atoms with E-state index in [0.29, 0.717) is 10.9 Å². The number of benzene rings is 4. The average Bonchev–Trinajstić information content (AvgIpc) is 2.82. The van der Waals surface area contributed by atoms with Crippen molar-refractivity contribution < 1.29 is 4.39 Å². The first-order chi connectivity index (χ1) is 14.8. The number of nitrogens with zero attached hydrogens (tertiary/aromatic N) is 1. The highest BCUT2D eigenvalue weighted by molar-refractivity contribution is 8.01. The minimum atomic E-state index is -2.26. The molecule has 0 unspecified atom stereocenters. The van der Waals surface area contributed by atoms with Crippen LogP contribution in [0.2, 0.25) is 0 Å². The van der Waals surface area contributed by atoms with Crippen molar-refractivity contribution in [3.63, 3.8) is 0 Å². The predicted octanol–water partition coefficient (Wildman–Crippen LogP) is 4.99. The molecule has 1 aromatic heterocycles. The largest absolute Gasteiger partial charge is 0.213 e. The van der Waals surface area contributed by atoms with Crippen LogP contribution in [-0.2, 0) is 0 Å². The summed E-state index contributed by atoms with van der Waals surface area (Å²) in [5, 5.41) is 4.23. The Bertz CT molecular complexity index is 1190. The van der Waals surface area contributed by atoms with Crippen molar-refractivity contribution in [2.45, 2.75) is 0 Å². The molecule has 0 aliphatic heterocycles. The van der Waals surface area contributed by atoms with Gasteiger partial charge >= 0.3 is 0 Å². The van der Waals surface area contributed by atoms with E-state index in [0.717, 1.165) is 5.44 Å². The number of aromatic nitrogens is 1. The average molecular weight is 408 g/mol. The zero-order chi connectivity index (χ0) is 20.4. The number of pyridine rings is 1. The van der Waals surface area contributed by atoms with Crippen LogP contribution in [0.4, 0.5) is 4.39 Å². The highest BCUT2D eigenvalue weighted by Gasteiger charge is 2.49. The molecule has 4 aromatic carbocycles. The second-order valence-corrected chi connectivity index (χ2v) is 10.5. The molecule has 5 rings (SSSR count). The third-order valence-electron chi connectivity index (χ3n) is 5.44. The molecule has 0 N–H and O–H groups in total. The quantitative estimate of drug-likeness (QED) is 0.382. The van der Waals surface area contributed by atoms with Crippen LogP contribution in [0.5, 0.6) is 0 Å². The molecule has 0 saturated carbocycles. The summed E-state index contributed by atoms with van der Waals surface area (Å²) in [6, 6.07) is 40.7. The van der Waals surface area contributed by atoms with Gasteiger partial charge in [0.05, 0.1) is 5.52 Å². The van der Waals surface area contributed by atoms with Gasteiger partial charge in [-0.3, -0.25) is 0 Å². The molecule has 144 valence electrons. The minimum absolute atomic E-state index is 0.241. The van der Waals surface area contributed by atoms with Gasteiger partial charge in [-0.2, -0.15) is 0 Å². The number of rotatable bonds is 4. The number of halogens is 1. The summed E-state index contributed by atoms with van der Waals surface area (Å²) in [6.07, 6.45) is 0. The van der Waals surface area contributed by atoms with Crippen molar-refractivity contribution in [1.82, 2.24) is 4.98 Å². The van der Waals surface area contributed by atoms with Crippen molar-refractivity contribution in [2.24, 2.45) is 0 Å². The predicted molar refractivity (Wildman–Crippen MR) is 126 cm³/mol. The van der Waals surface area contributed by atoms with Crippen molar-refractivity contribution >= 4 is 39.5 Å². The molecule has 1 nitrogen and oxygen atoms in total. The van der Waals surface area contributed by atoms with Gasteiger partial charge in [-0.1, -0.05) is 60.7 Å². The molecule has 0 spiro atoms. The minimum Gasteiger partial charge on any atom is -0.213 e. The zero-order valence-electron chi connectivity index (χ0n) is 16.3. The Morgan fingerprint density at radius 3 is 1.50 bits per heavy atom. The fourth-order valence-corrected chi connectivity index (χ4v) is 8.19. The highest BCUT2D eigenvalue weighted by Crippen LogP contribution is 2.53. The van der Waals surface area contributed by atoms with Crippen LogP contribution >= 0.6 is 7.26 Å². The van der Waals surface area contributed by atoms with E-state index >= 15 is 0 Å². The first kappa shape index (κ1) is 18.7. The van der Waals surface area contributed by atoms with Gasteiger partial charge in [0.2, 0.25) is 0 Å². The van der Waals surface area contributed by atoms with Gasteiger partial charge in [0, 0.05) is 11.5 Å². The Hall–Kier alpha value is -3.35. The van der Waals surface area contributed by atoms with E-state index in [1.54, 1.807) is 6.07 Å². The normalized spacial score (nSPS) is 11.5. The van der Waals surface area contributed by atoms with Gasteiger partial charge in [0.1, 0.15) is 21.7 Å². The van der Waals surface area contributed by atoms with Gasteiger partial charge < -0.3 is 0 Å². The molecule has 0 aliphatic carbocycles. The first-order valence-corrected chi connectivity index (χ1v) is 11.7. The van der Waals surface area contributed by atoms with Gasteiger partial charge in [-0.15, -0.1) is 0 Å². The Balaban J connectivity index is 1.92. The van der Waals surface area contributed by atoms with Gasteiger partial charge in [-0.05, 0) is 54.6 Å². The van der Waals surface area contributed by atoms with E-state index in [4.69, 9.17) is 4.98 Å². The lowest BCUT2D eigenvalue weighted by molar-refractivity contribution is 0.639. The molecule has 0 atom stereocenters. The Labute approximate surface area is 176 Å². The maximum absolute atomic E-state index is 14.4. The van der Waals surface area contributed by atoms with Crippen molar-refractivity contribution in [3.05, 3.63) is 127 Å². The molecule has 0 radical (unpaired) electrons. The SMILES string of the molecule is Fc1cccc2nc([P+](c3ccccc3)(c3ccccc3)c3ccccc3)ccc12. The maximum Gasteiger partial charge on any atom is 0.198 e. The van der Waals surface area contributed by atoms with Crippen LogP contribution in [0.1, 0.15) is 0 Å². The monoisotopic (exact) mass is 408 g/mol. The summed E-state index contributed by atoms with van der Waals surface area (Å²) in [4.78, 5) is 5.05. The van der Waals surface area contributed by atoms with E-state index in [1.807, 2.05) is 36.4 Å². The van der Waals surface area contributed by atoms with Gasteiger partial charge in [0.25, 0.3) is 0 Å². The zero-order valence-corrected chi connectivity index (χ0v) is 17.2. The standard InChI is InChI=1S/C27H20FNP/c28-25-17-10-18-26-24(25)19-20-27(29-26)30(21-11-4-1-5-12-21,22-13-6-2-7-14-22)23-15-8-3-9-16-23/h1-20H/q+1. The highest BCUT2D eigenvalue weighted by atomic mass is 31.2. The molecule has 0 fully saturated rings. The summed E-state index contributed by atoms with van der Waals surface area (Å²) in [5.74, 6) is -0.241. The summed E-state index contributed by atoms with van der Waals surface area (Å²) in [7, 11) is -2.26. The summed E-state index contributed by atoms with van der Waals surface area (Å²) < 4.78 is 14.4. The summed E-state index contributed by atoms with van der Waals surface area (Å²) in [5.41, 5.74) is 1.66. The summed E-state index contributed by atoms with van der Waals surface area (Å²) >= 11 is 0. The van der Waals surface area contributed by atoms with Gasteiger partial charge in [-0.25, -0.2) is 9.37 Å². The van der Waals surface area contributed by atoms with Gasteiger partial charge in [0.15, 0.2) is 12.7 Å². The second kappa shape index (κ2) is 7.82.